The third-order valence-electron chi connectivity index (χ3n) is 3.24. The Labute approximate surface area is 139 Å². The monoisotopic (exact) mass is 347 g/mol. The van der Waals surface area contributed by atoms with Crippen molar-refractivity contribution in [3.8, 4) is 17.2 Å². The number of benzene rings is 1. The third-order valence-corrected chi connectivity index (χ3v) is 3.82. The van der Waals surface area contributed by atoms with Crippen LogP contribution in [0.4, 0.5) is 5.82 Å². The van der Waals surface area contributed by atoms with Gasteiger partial charge in [0.15, 0.2) is 5.65 Å². The van der Waals surface area contributed by atoms with Crippen LogP contribution in [0.15, 0.2) is 24.4 Å². The lowest BCUT2D eigenvalue weighted by Gasteiger charge is -2.11. The zero-order valence-corrected chi connectivity index (χ0v) is 12.8. The second-order valence-corrected chi connectivity index (χ2v) is 5.33. The van der Waals surface area contributed by atoms with Crippen LogP contribution in [0.2, 0.25) is 10.2 Å². The highest BCUT2D eigenvalue weighted by Gasteiger charge is 2.21. The topological polar surface area (TPSA) is 117 Å². The average molecular weight is 348 g/mol. The zero-order chi connectivity index (χ0) is 16.7. The van der Waals surface area contributed by atoms with Crippen LogP contribution in [0.1, 0.15) is 15.9 Å². The minimum absolute atomic E-state index is 0.00962. The molecule has 1 aromatic carbocycles. The Balaban J connectivity index is 2.31. The molecule has 0 atom stereocenters. The second-order valence-electron chi connectivity index (χ2n) is 4.57. The Morgan fingerprint density at radius 3 is 2.74 bits per heavy atom. The number of aromatic carboxylic acids is 1. The van der Waals surface area contributed by atoms with Crippen LogP contribution in [0.25, 0.3) is 16.8 Å². The van der Waals surface area contributed by atoms with E-state index in [1.54, 1.807) is 12.1 Å². The first-order valence-electron chi connectivity index (χ1n) is 6.20. The number of hydrogen-bond donors (Lipinski definition) is 2. The summed E-state index contributed by atoms with van der Waals surface area (Å²) in [7, 11) is 0. The highest BCUT2D eigenvalue weighted by molar-refractivity contribution is 6.36. The average Bonchev–Trinajstić information content (AvgIpc) is 2.92. The second kappa shape index (κ2) is 5.43. The highest BCUT2D eigenvalue weighted by atomic mass is 35.5. The zero-order valence-electron chi connectivity index (χ0n) is 11.3. The van der Waals surface area contributed by atoms with E-state index < -0.39 is 5.97 Å². The van der Waals surface area contributed by atoms with Crippen LogP contribution in [0.3, 0.4) is 0 Å². The van der Waals surface area contributed by atoms with E-state index in [1.807, 2.05) is 6.07 Å². The summed E-state index contributed by atoms with van der Waals surface area (Å²) in [5, 5.41) is 22.2. The number of fused-ring (bicyclic) bond motifs is 1. The molecule has 3 N–H and O–H groups in total. The molecule has 0 amide bonds. The SMILES string of the molecule is N#Cc1ccc(-c2c(Cl)nc3c(C(=O)O)cnn3c2N)c(Cl)c1. The van der Waals surface area contributed by atoms with E-state index in [0.717, 1.165) is 6.20 Å². The lowest BCUT2D eigenvalue weighted by molar-refractivity contribution is 0.0699. The first kappa shape index (κ1) is 15.1. The fourth-order valence-electron chi connectivity index (χ4n) is 2.17. The first-order chi connectivity index (χ1) is 10.9. The van der Waals surface area contributed by atoms with Crippen LogP contribution in [-0.4, -0.2) is 25.7 Å². The van der Waals surface area contributed by atoms with Crippen molar-refractivity contribution in [2.24, 2.45) is 0 Å². The maximum Gasteiger partial charge on any atom is 0.341 e. The molecule has 7 nitrogen and oxygen atoms in total. The third kappa shape index (κ3) is 2.34. The van der Waals surface area contributed by atoms with E-state index in [0.29, 0.717) is 16.7 Å². The number of nitrogen functional groups attached to an aromatic ring is 1. The maximum atomic E-state index is 11.1. The molecule has 23 heavy (non-hydrogen) atoms. The number of aromatic nitrogens is 3. The van der Waals surface area contributed by atoms with Gasteiger partial charge in [0.25, 0.3) is 0 Å². The van der Waals surface area contributed by atoms with Crippen molar-refractivity contribution in [1.29, 1.82) is 5.26 Å². The molecule has 0 spiro atoms. The number of carboxylic acids is 1. The van der Waals surface area contributed by atoms with E-state index in [4.69, 9.17) is 39.3 Å². The number of nitriles is 1. The van der Waals surface area contributed by atoms with Crippen molar-refractivity contribution < 1.29 is 9.90 Å². The van der Waals surface area contributed by atoms with E-state index in [1.165, 1.54) is 10.6 Å². The summed E-state index contributed by atoms with van der Waals surface area (Å²) in [6, 6.07) is 6.60. The van der Waals surface area contributed by atoms with Gasteiger partial charge in [-0.15, -0.1) is 0 Å². The van der Waals surface area contributed by atoms with Gasteiger partial charge in [0, 0.05) is 10.6 Å². The molecule has 0 radical (unpaired) electrons. The van der Waals surface area contributed by atoms with Crippen LogP contribution in [-0.2, 0) is 0 Å². The lowest BCUT2D eigenvalue weighted by Crippen LogP contribution is -2.06. The Hall–Kier alpha value is -2.82. The summed E-state index contributed by atoms with van der Waals surface area (Å²) in [5.74, 6) is -1.09. The summed E-state index contributed by atoms with van der Waals surface area (Å²) in [6.45, 7) is 0. The number of nitrogens with zero attached hydrogens (tertiary/aromatic N) is 4. The molecule has 3 rings (SSSR count). The number of halogens is 2. The number of carboxylic acid groups (broad SMARTS) is 1. The van der Waals surface area contributed by atoms with Crippen LogP contribution in [0.5, 0.6) is 0 Å². The molecule has 0 bridgehead atoms. The molecule has 0 aliphatic rings. The number of anilines is 1. The molecule has 0 saturated heterocycles. The molecule has 0 aliphatic carbocycles. The molecule has 2 heterocycles. The predicted molar refractivity (Wildman–Crippen MR) is 84.5 cm³/mol. The molecule has 0 aliphatic heterocycles. The summed E-state index contributed by atoms with van der Waals surface area (Å²) in [5.41, 5.74) is 7.15. The van der Waals surface area contributed by atoms with Gasteiger partial charge in [0.2, 0.25) is 0 Å². The largest absolute Gasteiger partial charge is 0.477 e. The molecule has 9 heteroatoms. The highest BCUT2D eigenvalue weighted by Crippen LogP contribution is 2.37. The quantitative estimate of drug-likeness (QED) is 0.688. The van der Waals surface area contributed by atoms with E-state index in [-0.39, 0.29) is 27.2 Å². The van der Waals surface area contributed by atoms with Crippen molar-refractivity contribution in [2.75, 3.05) is 5.73 Å². The van der Waals surface area contributed by atoms with Gasteiger partial charge in [-0.2, -0.15) is 14.9 Å². The van der Waals surface area contributed by atoms with Crippen LogP contribution < -0.4 is 5.73 Å². The van der Waals surface area contributed by atoms with Crippen molar-refractivity contribution in [2.45, 2.75) is 0 Å². The van der Waals surface area contributed by atoms with Gasteiger partial charge in [-0.25, -0.2) is 9.78 Å². The van der Waals surface area contributed by atoms with Crippen LogP contribution >= 0.6 is 23.2 Å². The maximum absolute atomic E-state index is 11.1. The van der Waals surface area contributed by atoms with Gasteiger partial charge in [0.1, 0.15) is 16.5 Å². The fourth-order valence-corrected chi connectivity index (χ4v) is 2.73. The van der Waals surface area contributed by atoms with E-state index in [9.17, 15) is 4.79 Å². The summed E-state index contributed by atoms with van der Waals surface area (Å²) in [6.07, 6.45) is 1.14. The molecular weight excluding hydrogens is 341 g/mol. The van der Waals surface area contributed by atoms with Crippen LogP contribution in [0, 0.1) is 11.3 Å². The minimum atomic E-state index is -1.19. The Bertz CT molecular complexity index is 1010. The standard InChI is InChI=1S/C14H7Cl2N5O2/c15-9-3-6(4-17)1-2-7(9)10-11(16)20-13-8(14(22)23)5-19-21(13)12(10)18/h1-3,5H,18H2,(H,22,23). The van der Waals surface area contributed by atoms with Gasteiger partial charge >= 0.3 is 5.97 Å². The van der Waals surface area contributed by atoms with Gasteiger partial charge < -0.3 is 10.8 Å². The molecule has 114 valence electrons. The summed E-state index contributed by atoms with van der Waals surface area (Å²) >= 11 is 12.4. The number of rotatable bonds is 2. The molecular formula is C14H7Cl2N5O2. The Morgan fingerprint density at radius 2 is 2.13 bits per heavy atom. The van der Waals surface area contributed by atoms with Gasteiger partial charge in [-0.1, -0.05) is 29.3 Å². The lowest BCUT2D eigenvalue weighted by atomic mass is 10.1. The van der Waals surface area contributed by atoms with Crippen molar-refractivity contribution in [3.05, 3.63) is 45.7 Å². The van der Waals surface area contributed by atoms with Gasteiger partial charge in [-0.05, 0) is 12.1 Å². The first-order valence-corrected chi connectivity index (χ1v) is 6.95. The van der Waals surface area contributed by atoms with Gasteiger partial charge in [0.05, 0.1) is 23.4 Å². The minimum Gasteiger partial charge on any atom is -0.477 e. The normalized spacial score (nSPS) is 10.7. The van der Waals surface area contributed by atoms with Gasteiger partial charge in [-0.3, -0.25) is 0 Å². The molecule has 0 fully saturated rings. The molecule has 0 saturated carbocycles. The Morgan fingerprint density at radius 1 is 1.39 bits per heavy atom. The van der Waals surface area contributed by atoms with E-state index >= 15 is 0 Å². The number of carbonyl (C=O) groups is 1. The summed E-state index contributed by atoms with van der Waals surface area (Å²) in [4.78, 5) is 15.2. The molecule has 0 unspecified atom stereocenters. The fraction of sp³-hybridized carbons (Fsp3) is 0. The summed E-state index contributed by atoms with van der Waals surface area (Å²) < 4.78 is 1.18. The smallest absolute Gasteiger partial charge is 0.341 e. The Kier molecular flexibility index (Phi) is 3.56. The van der Waals surface area contributed by atoms with Crippen molar-refractivity contribution in [1.82, 2.24) is 14.6 Å². The van der Waals surface area contributed by atoms with Crippen molar-refractivity contribution in [3.63, 3.8) is 0 Å². The predicted octanol–water partition coefficient (Wildman–Crippen LogP) is 2.86. The number of nitrogens with two attached hydrogens (primary N) is 1. The van der Waals surface area contributed by atoms with Crippen molar-refractivity contribution >= 4 is 40.6 Å². The molecule has 2 aromatic heterocycles. The molecule has 3 aromatic rings. The van der Waals surface area contributed by atoms with E-state index in [2.05, 4.69) is 10.1 Å². The number of hydrogen-bond acceptors (Lipinski definition) is 5.